The lowest BCUT2D eigenvalue weighted by molar-refractivity contribution is -0.145. The van der Waals surface area contributed by atoms with E-state index >= 15 is 0 Å². The Morgan fingerprint density at radius 1 is 1.05 bits per heavy atom. The quantitative estimate of drug-likeness (QED) is 0.476. The first-order valence-corrected chi connectivity index (χ1v) is 11.7. The van der Waals surface area contributed by atoms with Crippen molar-refractivity contribution < 1.29 is 35.5 Å². The molecule has 1 saturated heterocycles. The van der Waals surface area contributed by atoms with E-state index in [4.69, 9.17) is 0 Å². The standard InChI is InChI=1S/C25H18F7N5O/c26-14-2-5-15(6-3-14)37(23(12-34)7-8-23)22(38)20-13-1-4-16(9-13)36(20)21-17(11-33)18(24(27,28)29)10-19(35-21)25(30,31)32/h2-3,5-6,10,13,16,20H,1,4,7-9H2/t13-,16+,20-/m0/s1. The summed E-state index contributed by atoms with van der Waals surface area (Å²) >= 11 is 0. The van der Waals surface area contributed by atoms with Crippen LogP contribution in [0.3, 0.4) is 0 Å². The molecule has 1 aromatic heterocycles. The number of fused-ring (bicyclic) bond motifs is 2. The van der Waals surface area contributed by atoms with Crippen molar-refractivity contribution >= 4 is 17.4 Å². The van der Waals surface area contributed by atoms with Gasteiger partial charge in [-0.25, -0.2) is 9.37 Å². The van der Waals surface area contributed by atoms with Crippen LogP contribution in [0.2, 0.25) is 0 Å². The third-order valence-corrected chi connectivity index (χ3v) is 7.46. The number of carbonyl (C=O) groups excluding carboxylic acids is 1. The third-order valence-electron chi connectivity index (χ3n) is 7.46. The molecule has 6 nitrogen and oxygen atoms in total. The van der Waals surface area contributed by atoms with Gasteiger partial charge in [0, 0.05) is 11.7 Å². The average Bonchev–Trinajstić information content (AvgIpc) is 3.35. The Balaban J connectivity index is 1.67. The zero-order chi connectivity index (χ0) is 27.6. The van der Waals surface area contributed by atoms with E-state index in [9.17, 15) is 46.1 Å². The number of pyridine rings is 1. The van der Waals surface area contributed by atoms with Gasteiger partial charge in [0.25, 0.3) is 5.91 Å². The summed E-state index contributed by atoms with van der Waals surface area (Å²) < 4.78 is 95.9. The van der Waals surface area contributed by atoms with Gasteiger partial charge in [0.05, 0.1) is 11.6 Å². The van der Waals surface area contributed by atoms with Gasteiger partial charge in [0.1, 0.15) is 40.5 Å². The molecule has 0 unspecified atom stereocenters. The van der Waals surface area contributed by atoms with Crippen molar-refractivity contribution in [1.82, 2.24) is 4.98 Å². The summed E-state index contributed by atoms with van der Waals surface area (Å²) in [6, 6.07) is 6.06. The lowest BCUT2D eigenvalue weighted by Gasteiger charge is -2.40. The predicted molar refractivity (Wildman–Crippen MR) is 118 cm³/mol. The molecule has 3 aliphatic rings. The number of alkyl halides is 6. The molecule has 1 aromatic carbocycles. The maximum absolute atomic E-state index is 14.1. The van der Waals surface area contributed by atoms with Gasteiger partial charge in [0.15, 0.2) is 0 Å². The second kappa shape index (κ2) is 8.58. The first-order chi connectivity index (χ1) is 17.8. The lowest BCUT2D eigenvalue weighted by atomic mass is 9.95. The van der Waals surface area contributed by atoms with Crippen LogP contribution in [0, 0.1) is 34.4 Å². The van der Waals surface area contributed by atoms with Crippen LogP contribution in [0.15, 0.2) is 30.3 Å². The summed E-state index contributed by atoms with van der Waals surface area (Å²) in [5.74, 6) is -2.64. The highest BCUT2D eigenvalue weighted by Gasteiger charge is 2.58. The highest BCUT2D eigenvalue weighted by molar-refractivity contribution is 6.02. The molecule has 2 aliphatic carbocycles. The van der Waals surface area contributed by atoms with E-state index in [0.717, 1.165) is 21.9 Å². The fraction of sp³-hybridized carbons (Fsp3) is 0.440. The van der Waals surface area contributed by atoms with Crippen molar-refractivity contribution in [2.45, 2.75) is 62.1 Å². The normalized spacial score (nSPS) is 23.6. The van der Waals surface area contributed by atoms with Crippen LogP contribution in [-0.2, 0) is 17.1 Å². The van der Waals surface area contributed by atoms with Gasteiger partial charge in [0.2, 0.25) is 0 Å². The number of amides is 1. The summed E-state index contributed by atoms with van der Waals surface area (Å²) in [5.41, 5.74) is -5.84. The molecule has 38 heavy (non-hydrogen) atoms. The van der Waals surface area contributed by atoms with E-state index in [1.54, 1.807) is 0 Å². The van der Waals surface area contributed by atoms with Crippen molar-refractivity contribution in [1.29, 1.82) is 10.5 Å². The average molecular weight is 537 g/mol. The smallest absolute Gasteiger partial charge is 0.340 e. The first kappa shape index (κ1) is 25.8. The zero-order valence-electron chi connectivity index (χ0n) is 19.4. The Bertz CT molecular complexity index is 1370. The Morgan fingerprint density at radius 2 is 1.71 bits per heavy atom. The van der Waals surface area contributed by atoms with E-state index < -0.39 is 70.3 Å². The van der Waals surface area contributed by atoms with Gasteiger partial charge in [-0.05, 0) is 68.4 Å². The van der Waals surface area contributed by atoms with Gasteiger partial charge in [-0.1, -0.05) is 0 Å². The van der Waals surface area contributed by atoms with Crippen LogP contribution >= 0.6 is 0 Å². The summed E-state index contributed by atoms with van der Waals surface area (Å²) in [6.07, 6.45) is -8.83. The van der Waals surface area contributed by atoms with Crippen LogP contribution < -0.4 is 9.80 Å². The molecule has 0 radical (unpaired) electrons. The Morgan fingerprint density at radius 3 is 2.24 bits per heavy atom. The Kier molecular flexibility index (Phi) is 5.82. The van der Waals surface area contributed by atoms with Crippen LogP contribution in [0.1, 0.15) is 48.9 Å². The molecule has 3 atom stereocenters. The van der Waals surface area contributed by atoms with Crippen molar-refractivity contribution in [3.05, 3.63) is 53.0 Å². The van der Waals surface area contributed by atoms with E-state index in [1.165, 1.54) is 18.2 Å². The monoisotopic (exact) mass is 537 g/mol. The molecule has 198 valence electrons. The number of hydrogen-bond donors (Lipinski definition) is 0. The van der Waals surface area contributed by atoms with Crippen LogP contribution in [0.5, 0.6) is 0 Å². The number of halogens is 7. The van der Waals surface area contributed by atoms with E-state index in [1.807, 2.05) is 0 Å². The van der Waals surface area contributed by atoms with Gasteiger partial charge in [-0.2, -0.15) is 36.9 Å². The number of hydrogen-bond acceptors (Lipinski definition) is 5. The number of nitriles is 2. The molecule has 2 bridgehead atoms. The SMILES string of the molecule is N#Cc1c(C(F)(F)F)cc(C(F)(F)F)nc1N1[C@@H]2CC[C@@H](C2)[C@H]1C(=O)N(c1ccc(F)cc1)C1(C#N)CC1. The number of piperidine rings is 1. The highest BCUT2D eigenvalue weighted by atomic mass is 19.4. The topological polar surface area (TPSA) is 84.0 Å². The van der Waals surface area contributed by atoms with Crippen molar-refractivity contribution in [3.8, 4) is 12.1 Å². The summed E-state index contributed by atoms with van der Waals surface area (Å²) in [6.45, 7) is 0. The number of nitrogens with zero attached hydrogens (tertiary/aromatic N) is 5. The number of rotatable bonds is 4. The maximum Gasteiger partial charge on any atom is 0.433 e. The number of carbonyl (C=O) groups is 1. The second-order valence-corrected chi connectivity index (χ2v) is 9.73. The molecule has 0 spiro atoms. The van der Waals surface area contributed by atoms with Gasteiger partial charge < -0.3 is 4.90 Å². The number of anilines is 2. The molecule has 13 heteroatoms. The predicted octanol–water partition coefficient (Wildman–Crippen LogP) is 5.58. The van der Waals surface area contributed by atoms with Gasteiger partial charge >= 0.3 is 12.4 Å². The molecule has 1 amide bonds. The van der Waals surface area contributed by atoms with Crippen LogP contribution in [0.25, 0.3) is 0 Å². The van der Waals surface area contributed by atoms with Crippen LogP contribution in [0.4, 0.5) is 42.2 Å². The molecule has 2 aromatic rings. The largest absolute Gasteiger partial charge is 0.433 e. The highest BCUT2D eigenvalue weighted by Crippen LogP contribution is 2.51. The summed E-state index contributed by atoms with van der Waals surface area (Å²) in [5, 5.41) is 19.5. The van der Waals surface area contributed by atoms with E-state index in [2.05, 4.69) is 11.1 Å². The molecule has 2 saturated carbocycles. The first-order valence-electron chi connectivity index (χ1n) is 11.7. The second-order valence-electron chi connectivity index (χ2n) is 9.73. The fourth-order valence-corrected chi connectivity index (χ4v) is 5.62. The van der Waals surface area contributed by atoms with Crippen molar-refractivity contribution in [2.75, 3.05) is 9.80 Å². The summed E-state index contributed by atoms with van der Waals surface area (Å²) in [4.78, 5) is 19.8. The molecule has 1 aliphatic heterocycles. The maximum atomic E-state index is 14.1. The minimum Gasteiger partial charge on any atom is -0.340 e. The minimum absolute atomic E-state index is 0.173. The van der Waals surface area contributed by atoms with Crippen molar-refractivity contribution in [2.24, 2.45) is 5.92 Å². The molecule has 2 heterocycles. The fourth-order valence-electron chi connectivity index (χ4n) is 5.62. The molecule has 5 rings (SSSR count). The lowest BCUT2D eigenvalue weighted by Crippen LogP contribution is -2.56. The third kappa shape index (κ3) is 4.10. The van der Waals surface area contributed by atoms with Crippen LogP contribution in [-0.4, -0.2) is 28.5 Å². The van der Waals surface area contributed by atoms with Gasteiger partial charge in [-0.3, -0.25) is 9.69 Å². The minimum atomic E-state index is -5.29. The molecule has 0 N–H and O–H groups in total. The Labute approximate surface area is 211 Å². The summed E-state index contributed by atoms with van der Waals surface area (Å²) in [7, 11) is 0. The molecular weight excluding hydrogens is 519 g/mol. The zero-order valence-corrected chi connectivity index (χ0v) is 19.4. The van der Waals surface area contributed by atoms with E-state index in [-0.39, 0.29) is 31.0 Å². The molecule has 3 fully saturated rings. The van der Waals surface area contributed by atoms with Gasteiger partial charge in [-0.15, -0.1) is 0 Å². The number of aromatic nitrogens is 1. The Hall–Kier alpha value is -3.87. The van der Waals surface area contributed by atoms with Crippen molar-refractivity contribution in [3.63, 3.8) is 0 Å². The molecular formula is C25H18F7N5O. The number of benzene rings is 1. The van der Waals surface area contributed by atoms with E-state index in [0.29, 0.717) is 12.8 Å².